The number of carbonyl (C=O) groups is 1. The maximum Gasteiger partial charge on any atom is 0.244 e. The predicted octanol–water partition coefficient (Wildman–Crippen LogP) is 3.07. The molecule has 1 heterocycles. The van der Waals surface area contributed by atoms with Gasteiger partial charge in [0.1, 0.15) is 0 Å². The zero-order valence-corrected chi connectivity index (χ0v) is 13.3. The minimum atomic E-state index is -0.0774. The van der Waals surface area contributed by atoms with Crippen molar-refractivity contribution in [3.63, 3.8) is 0 Å². The Morgan fingerprint density at radius 2 is 2.32 bits per heavy atom. The molecule has 0 saturated heterocycles. The Bertz CT molecular complexity index is 735. The van der Waals surface area contributed by atoms with Crippen LogP contribution in [-0.2, 0) is 11.8 Å². The van der Waals surface area contributed by atoms with Crippen molar-refractivity contribution in [1.82, 2.24) is 14.9 Å². The molecule has 1 N–H and O–H groups in total. The molecule has 2 aromatic rings. The highest BCUT2D eigenvalue weighted by molar-refractivity contribution is 6.31. The van der Waals surface area contributed by atoms with Crippen molar-refractivity contribution in [2.75, 3.05) is 0 Å². The summed E-state index contributed by atoms with van der Waals surface area (Å²) in [6, 6.07) is 5.95. The third-order valence-corrected chi connectivity index (χ3v) is 4.38. The van der Waals surface area contributed by atoms with Crippen molar-refractivity contribution in [1.29, 1.82) is 0 Å². The van der Waals surface area contributed by atoms with Gasteiger partial charge < -0.3 is 9.88 Å². The SMILES string of the molecule is Cc1ccc(/C=C/C(=O)N[C@@H]2C[C@H]2c2cncn2C)cc1Cl. The number of imidazole rings is 1. The van der Waals surface area contributed by atoms with E-state index in [9.17, 15) is 4.79 Å². The minimum absolute atomic E-state index is 0.0774. The molecule has 1 aromatic carbocycles. The second kappa shape index (κ2) is 5.97. The molecule has 0 spiro atoms. The fourth-order valence-corrected chi connectivity index (χ4v) is 2.71. The highest BCUT2D eigenvalue weighted by Crippen LogP contribution is 2.40. The molecule has 4 nitrogen and oxygen atoms in total. The first-order valence-corrected chi connectivity index (χ1v) is 7.63. The maximum atomic E-state index is 12.0. The van der Waals surface area contributed by atoms with Crippen molar-refractivity contribution in [3.05, 3.63) is 58.6 Å². The summed E-state index contributed by atoms with van der Waals surface area (Å²) >= 11 is 6.07. The molecule has 1 aliphatic rings. The van der Waals surface area contributed by atoms with Gasteiger partial charge in [-0.3, -0.25) is 4.79 Å². The van der Waals surface area contributed by atoms with Crippen LogP contribution in [0.15, 0.2) is 36.8 Å². The van der Waals surface area contributed by atoms with E-state index in [0.29, 0.717) is 10.9 Å². The predicted molar refractivity (Wildman–Crippen MR) is 87.7 cm³/mol. The number of aromatic nitrogens is 2. The van der Waals surface area contributed by atoms with Gasteiger partial charge in [-0.2, -0.15) is 0 Å². The van der Waals surface area contributed by atoms with Gasteiger partial charge in [-0.1, -0.05) is 23.7 Å². The Hall–Kier alpha value is -2.07. The van der Waals surface area contributed by atoms with Crippen molar-refractivity contribution in [2.45, 2.75) is 25.3 Å². The molecule has 0 unspecified atom stereocenters. The van der Waals surface area contributed by atoms with E-state index in [1.807, 2.05) is 42.9 Å². The van der Waals surface area contributed by atoms with Crippen LogP contribution in [0, 0.1) is 6.92 Å². The molecule has 2 atom stereocenters. The van der Waals surface area contributed by atoms with Crippen LogP contribution >= 0.6 is 11.6 Å². The topological polar surface area (TPSA) is 46.9 Å². The van der Waals surface area contributed by atoms with Gasteiger partial charge >= 0.3 is 0 Å². The third kappa shape index (κ3) is 3.22. The number of hydrogen-bond acceptors (Lipinski definition) is 2. The third-order valence-electron chi connectivity index (χ3n) is 3.97. The second-order valence-corrected chi connectivity index (χ2v) is 6.14. The number of carbonyl (C=O) groups excluding carboxylic acids is 1. The summed E-state index contributed by atoms with van der Waals surface area (Å²) < 4.78 is 2.00. The molecule has 3 rings (SSSR count). The summed E-state index contributed by atoms with van der Waals surface area (Å²) in [4.78, 5) is 16.1. The molecule has 1 aliphatic carbocycles. The lowest BCUT2D eigenvalue weighted by Gasteiger charge is -2.03. The van der Waals surface area contributed by atoms with Crippen LogP contribution in [0.25, 0.3) is 6.08 Å². The average Bonchev–Trinajstić information content (AvgIpc) is 3.10. The smallest absolute Gasteiger partial charge is 0.244 e. The monoisotopic (exact) mass is 315 g/mol. The number of nitrogens with one attached hydrogen (secondary N) is 1. The second-order valence-electron chi connectivity index (χ2n) is 5.73. The highest BCUT2D eigenvalue weighted by atomic mass is 35.5. The van der Waals surface area contributed by atoms with Crippen LogP contribution in [0.5, 0.6) is 0 Å². The van der Waals surface area contributed by atoms with E-state index >= 15 is 0 Å². The van der Waals surface area contributed by atoms with Crippen LogP contribution in [-0.4, -0.2) is 21.5 Å². The Morgan fingerprint density at radius 3 is 3.00 bits per heavy atom. The maximum absolute atomic E-state index is 12.0. The largest absolute Gasteiger partial charge is 0.349 e. The molecular weight excluding hydrogens is 298 g/mol. The van der Waals surface area contributed by atoms with Crippen LogP contribution in [0.4, 0.5) is 0 Å². The molecule has 1 amide bonds. The summed E-state index contributed by atoms with van der Waals surface area (Å²) in [7, 11) is 1.97. The number of rotatable bonds is 4. The van der Waals surface area contributed by atoms with Gasteiger partial charge in [0.2, 0.25) is 5.91 Å². The summed E-state index contributed by atoms with van der Waals surface area (Å²) in [5.41, 5.74) is 3.12. The molecular formula is C17H18ClN3O. The quantitative estimate of drug-likeness (QED) is 0.881. The van der Waals surface area contributed by atoms with E-state index in [1.54, 1.807) is 18.5 Å². The van der Waals surface area contributed by atoms with Crippen molar-refractivity contribution in [2.24, 2.45) is 7.05 Å². The fourth-order valence-electron chi connectivity index (χ4n) is 2.52. The van der Waals surface area contributed by atoms with E-state index in [0.717, 1.165) is 17.5 Å². The van der Waals surface area contributed by atoms with Gasteiger partial charge in [-0.15, -0.1) is 0 Å². The molecule has 0 aliphatic heterocycles. The van der Waals surface area contributed by atoms with E-state index in [2.05, 4.69) is 10.3 Å². The highest BCUT2D eigenvalue weighted by Gasteiger charge is 2.40. The number of benzene rings is 1. The Balaban J connectivity index is 1.56. The van der Waals surface area contributed by atoms with Crippen molar-refractivity contribution < 1.29 is 4.79 Å². The van der Waals surface area contributed by atoms with Crippen molar-refractivity contribution >= 4 is 23.6 Å². The first-order chi connectivity index (χ1) is 10.5. The minimum Gasteiger partial charge on any atom is -0.349 e. The number of amides is 1. The average molecular weight is 316 g/mol. The first kappa shape index (κ1) is 14.9. The Labute approximate surface area is 134 Å². The molecule has 0 bridgehead atoms. The van der Waals surface area contributed by atoms with Gasteiger partial charge in [-0.25, -0.2) is 4.98 Å². The number of nitrogens with zero attached hydrogens (tertiary/aromatic N) is 2. The van der Waals surface area contributed by atoms with Crippen molar-refractivity contribution in [3.8, 4) is 0 Å². The van der Waals surface area contributed by atoms with E-state index in [4.69, 9.17) is 11.6 Å². The fraction of sp³-hybridized carbons (Fsp3) is 0.294. The lowest BCUT2D eigenvalue weighted by atomic mass is 10.1. The van der Waals surface area contributed by atoms with Crippen LogP contribution in [0.2, 0.25) is 5.02 Å². The zero-order chi connectivity index (χ0) is 15.7. The number of aryl methyl sites for hydroxylation is 2. The van der Waals surface area contributed by atoms with Gasteiger partial charge in [0.25, 0.3) is 0 Å². The molecule has 1 fully saturated rings. The van der Waals surface area contributed by atoms with Gasteiger partial charge in [0.15, 0.2) is 0 Å². The molecule has 22 heavy (non-hydrogen) atoms. The normalized spacial score (nSPS) is 20.3. The van der Waals surface area contributed by atoms with E-state index < -0.39 is 0 Å². The zero-order valence-electron chi connectivity index (χ0n) is 12.6. The summed E-state index contributed by atoms with van der Waals surface area (Å²) in [5.74, 6) is 0.296. The molecule has 5 heteroatoms. The standard InChI is InChI=1S/C17H18ClN3O/c1-11-3-4-12(7-14(11)18)5-6-17(22)20-15-8-13(15)16-9-19-10-21(16)2/h3-7,9-10,13,15H,8H2,1-2H3,(H,20,22)/b6-5+/t13-,15-/m1/s1. The van der Waals surface area contributed by atoms with Gasteiger partial charge in [0, 0.05) is 42.0 Å². The molecule has 114 valence electrons. The summed E-state index contributed by atoms with van der Waals surface area (Å²) in [5, 5.41) is 3.73. The lowest BCUT2D eigenvalue weighted by molar-refractivity contribution is -0.116. The molecule has 1 saturated carbocycles. The van der Waals surface area contributed by atoms with Gasteiger partial charge in [0.05, 0.1) is 6.33 Å². The van der Waals surface area contributed by atoms with Crippen LogP contribution < -0.4 is 5.32 Å². The molecule has 1 aromatic heterocycles. The van der Waals surface area contributed by atoms with E-state index in [1.165, 1.54) is 5.69 Å². The number of halogens is 1. The number of hydrogen-bond donors (Lipinski definition) is 1. The molecule has 0 radical (unpaired) electrons. The summed E-state index contributed by atoms with van der Waals surface area (Å²) in [6.45, 7) is 1.95. The first-order valence-electron chi connectivity index (χ1n) is 7.25. The van der Waals surface area contributed by atoms with Crippen LogP contribution in [0.1, 0.15) is 29.2 Å². The van der Waals surface area contributed by atoms with E-state index in [-0.39, 0.29) is 11.9 Å². The lowest BCUT2D eigenvalue weighted by Crippen LogP contribution is -2.24. The Kier molecular flexibility index (Phi) is 4.03. The Morgan fingerprint density at radius 1 is 1.50 bits per heavy atom. The van der Waals surface area contributed by atoms with Crippen LogP contribution in [0.3, 0.4) is 0 Å². The summed E-state index contributed by atoms with van der Waals surface area (Å²) in [6.07, 6.45) is 7.95. The van der Waals surface area contributed by atoms with Gasteiger partial charge in [-0.05, 0) is 36.6 Å².